The van der Waals surface area contributed by atoms with Crippen LogP contribution in [0, 0.1) is 0 Å². The van der Waals surface area contributed by atoms with Crippen molar-refractivity contribution in [3.8, 4) is 0 Å². The topological polar surface area (TPSA) is 49.4 Å². The molecule has 1 aliphatic rings. The van der Waals surface area contributed by atoms with E-state index in [2.05, 4.69) is 5.32 Å². The Hall–Kier alpha value is -1.06. The Labute approximate surface area is 84.7 Å². The Morgan fingerprint density at radius 1 is 1.36 bits per heavy atom. The number of carbonyl (C=O) groups excluding carboxylic acids is 2. The number of hydrogen-bond acceptors (Lipinski definition) is 2. The Morgan fingerprint density at radius 2 is 1.93 bits per heavy atom. The fourth-order valence-corrected chi connectivity index (χ4v) is 1.64. The largest absolute Gasteiger partial charge is 0.342 e. The summed E-state index contributed by atoms with van der Waals surface area (Å²) in [6, 6.07) is 0.148. The van der Waals surface area contributed by atoms with Gasteiger partial charge >= 0.3 is 0 Å². The molecular weight excluding hydrogens is 180 g/mol. The van der Waals surface area contributed by atoms with Crippen molar-refractivity contribution in [2.75, 3.05) is 6.54 Å². The maximum absolute atomic E-state index is 12.0. The van der Waals surface area contributed by atoms with Crippen LogP contribution in [-0.4, -0.2) is 34.8 Å². The molecule has 4 nitrogen and oxygen atoms in total. The molecule has 1 fully saturated rings. The first-order chi connectivity index (χ1) is 6.34. The number of rotatable bonds is 1. The standard InChI is InChI=1S/C10H18N2O2/c1-7(2)12-6-5-8(13)11-10(3,4)9(12)14/h7H,5-6H2,1-4H3,(H,11,13). The third-order valence-electron chi connectivity index (χ3n) is 2.45. The highest BCUT2D eigenvalue weighted by atomic mass is 16.2. The van der Waals surface area contributed by atoms with E-state index < -0.39 is 5.54 Å². The van der Waals surface area contributed by atoms with Crippen molar-refractivity contribution in [3.63, 3.8) is 0 Å². The fraction of sp³-hybridized carbons (Fsp3) is 0.800. The Kier molecular flexibility index (Phi) is 2.83. The predicted molar refractivity (Wildman–Crippen MR) is 53.7 cm³/mol. The molecule has 0 spiro atoms. The van der Waals surface area contributed by atoms with E-state index in [1.807, 2.05) is 13.8 Å². The molecule has 14 heavy (non-hydrogen) atoms. The van der Waals surface area contributed by atoms with E-state index in [1.165, 1.54) is 0 Å². The molecular formula is C10H18N2O2. The lowest BCUT2D eigenvalue weighted by Crippen LogP contribution is -2.54. The molecule has 0 aliphatic carbocycles. The van der Waals surface area contributed by atoms with Gasteiger partial charge in [0.15, 0.2) is 0 Å². The summed E-state index contributed by atoms with van der Waals surface area (Å²) in [4.78, 5) is 25.0. The highest BCUT2D eigenvalue weighted by molar-refractivity contribution is 5.92. The van der Waals surface area contributed by atoms with Gasteiger partial charge in [-0.25, -0.2) is 0 Å². The highest BCUT2D eigenvalue weighted by Crippen LogP contribution is 2.15. The molecule has 0 aromatic carbocycles. The summed E-state index contributed by atoms with van der Waals surface area (Å²) in [5, 5.41) is 2.72. The molecule has 1 aliphatic heterocycles. The van der Waals surface area contributed by atoms with Gasteiger partial charge in [0.25, 0.3) is 0 Å². The zero-order valence-electron chi connectivity index (χ0n) is 9.26. The second kappa shape index (κ2) is 3.59. The zero-order chi connectivity index (χ0) is 10.9. The number of amides is 2. The van der Waals surface area contributed by atoms with Crippen molar-refractivity contribution >= 4 is 11.8 Å². The summed E-state index contributed by atoms with van der Waals surface area (Å²) in [6.07, 6.45) is 0.396. The van der Waals surface area contributed by atoms with Crippen LogP contribution in [-0.2, 0) is 9.59 Å². The van der Waals surface area contributed by atoms with Crippen molar-refractivity contribution in [1.82, 2.24) is 10.2 Å². The lowest BCUT2D eigenvalue weighted by Gasteiger charge is -2.31. The van der Waals surface area contributed by atoms with Crippen LogP contribution in [0.3, 0.4) is 0 Å². The van der Waals surface area contributed by atoms with E-state index in [1.54, 1.807) is 18.7 Å². The van der Waals surface area contributed by atoms with Gasteiger partial charge in [0.05, 0.1) is 0 Å². The molecule has 0 aromatic rings. The minimum atomic E-state index is -0.766. The molecule has 0 aromatic heterocycles. The molecule has 2 amide bonds. The molecule has 1 rings (SSSR count). The first-order valence-corrected chi connectivity index (χ1v) is 4.96. The third-order valence-corrected chi connectivity index (χ3v) is 2.45. The number of nitrogens with one attached hydrogen (secondary N) is 1. The van der Waals surface area contributed by atoms with E-state index >= 15 is 0 Å². The number of nitrogens with zero attached hydrogens (tertiary/aromatic N) is 1. The highest BCUT2D eigenvalue weighted by Gasteiger charge is 2.37. The Morgan fingerprint density at radius 3 is 2.43 bits per heavy atom. The van der Waals surface area contributed by atoms with E-state index in [4.69, 9.17) is 0 Å². The molecule has 0 unspecified atom stereocenters. The van der Waals surface area contributed by atoms with E-state index in [9.17, 15) is 9.59 Å². The van der Waals surface area contributed by atoms with Crippen LogP contribution in [0.15, 0.2) is 0 Å². The van der Waals surface area contributed by atoms with Crippen LogP contribution >= 0.6 is 0 Å². The van der Waals surface area contributed by atoms with Gasteiger partial charge in [-0.2, -0.15) is 0 Å². The van der Waals surface area contributed by atoms with Gasteiger partial charge in [-0.15, -0.1) is 0 Å². The quantitative estimate of drug-likeness (QED) is 0.668. The van der Waals surface area contributed by atoms with Gasteiger partial charge in [0.1, 0.15) is 5.54 Å². The van der Waals surface area contributed by atoms with E-state index in [0.29, 0.717) is 13.0 Å². The molecule has 1 N–H and O–H groups in total. The summed E-state index contributed by atoms with van der Waals surface area (Å²) >= 11 is 0. The van der Waals surface area contributed by atoms with Crippen molar-refractivity contribution in [2.24, 2.45) is 0 Å². The zero-order valence-corrected chi connectivity index (χ0v) is 9.26. The lowest BCUT2D eigenvalue weighted by atomic mass is 10.0. The van der Waals surface area contributed by atoms with Crippen molar-refractivity contribution in [1.29, 1.82) is 0 Å². The minimum absolute atomic E-state index is 0.00153. The van der Waals surface area contributed by atoms with Crippen molar-refractivity contribution in [3.05, 3.63) is 0 Å². The van der Waals surface area contributed by atoms with Gasteiger partial charge in [0.2, 0.25) is 11.8 Å². The van der Waals surface area contributed by atoms with Crippen LogP contribution in [0.4, 0.5) is 0 Å². The fourth-order valence-electron chi connectivity index (χ4n) is 1.64. The first kappa shape index (κ1) is 11.0. The number of hydrogen-bond donors (Lipinski definition) is 1. The van der Waals surface area contributed by atoms with Gasteiger partial charge < -0.3 is 10.2 Å². The van der Waals surface area contributed by atoms with E-state index in [0.717, 1.165) is 0 Å². The smallest absolute Gasteiger partial charge is 0.247 e. The second-order valence-corrected chi connectivity index (χ2v) is 4.52. The van der Waals surface area contributed by atoms with Crippen LogP contribution in [0.1, 0.15) is 34.1 Å². The Balaban J connectivity index is 2.92. The average Bonchev–Trinajstić information content (AvgIpc) is 2.10. The monoisotopic (exact) mass is 198 g/mol. The summed E-state index contributed by atoms with van der Waals surface area (Å²) in [5.74, 6) is -0.0511. The lowest BCUT2D eigenvalue weighted by molar-refractivity contribution is -0.138. The molecule has 4 heteroatoms. The minimum Gasteiger partial charge on any atom is -0.342 e. The molecule has 80 valence electrons. The molecule has 0 saturated carbocycles. The van der Waals surface area contributed by atoms with E-state index in [-0.39, 0.29) is 17.9 Å². The van der Waals surface area contributed by atoms with Crippen LogP contribution in [0.25, 0.3) is 0 Å². The molecule has 0 atom stereocenters. The SMILES string of the molecule is CC(C)N1CCC(=O)NC(C)(C)C1=O. The second-order valence-electron chi connectivity index (χ2n) is 4.52. The number of carbonyl (C=O) groups is 2. The van der Waals surface area contributed by atoms with Crippen molar-refractivity contribution in [2.45, 2.75) is 45.7 Å². The van der Waals surface area contributed by atoms with Crippen molar-refractivity contribution < 1.29 is 9.59 Å². The van der Waals surface area contributed by atoms with Crippen LogP contribution in [0.2, 0.25) is 0 Å². The predicted octanol–water partition coefficient (Wildman–Crippen LogP) is 0.522. The molecule has 0 bridgehead atoms. The maximum Gasteiger partial charge on any atom is 0.247 e. The first-order valence-electron chi connectivity index (χ1n) is 4.96. The normalized spacial score (nSPS) is 22.2. The summed E-state index contributed by atoms with van der Waals surface area (Å²) in [5.41, 5.74) is -0.766. The van der Waals surface area contributed by atoms with Gasteiger partial charge in [-0.1, -0.05) is 0 Å². The molecule has 1 saturated heterocycles. The summed E-state index contributed by atoms with van der Waals surface area (Å²) < 4.78 is 0. The average molecular weight is 198 g/mol. The maximum atomic E-state index is 12.0. The summed E-state index contributed by atoms with van der Waals surface area (Å²) in [6.45, 7) is 7.93. The van der Waals surface area contributed by atoms with Gasteiger partial charge in [-0.3, -0.25) is 9.59 Å². The molecule has 0 radical (unpaired) electrons. The Bertz CT molecular complexity index is 259. The van der Waals surface area contributed by atoms with Gasteiger partial charge in [0, 0.05) is 19.0 Å². The van der Waals surface area contributed by atoms with Crippen LogP contribution < -0.4 is 5.32 Å². The summed E-state index contributed by atoms with van der Waals surface area (Å²) in [7, 11) is 0. The van der Waals surface area contributed by atoms with Gasteiger partial charge in [-0.05, 0) is 27.7 Å². The van der Waals surface area contributed by atoms with Crippen LogP contribution in [0.5, 0.6) is 0 Å². The molecule has 1 heterocycles. The third kappa shape index (κ3) is 2.05.